The van der Waals surface area contributed by atoms with Gasteiger partial charge < -0.3 is 0 Å². The van der Waals surface area contributed by atoms with Crippen LogP contribution in [0, 0.1) is 4.91 Å². The van der Waals surface area contributed by atoms with Gasteiger partial charge in [-0.2, -0.15) is 4.91 Å². The van der Waals surface area contributed by atoms with Crippen LogP contribution in [0.2, 0.25) is 0 Å². The third-order valence-corrected chi connectivity index (χ3v) is 4.08. The Labute approximate surface area is 136 Å². The molecule has 1 unspecified atom stereocenters. The molecule has 1 atom stereocenters. The number of hydrogen-bond donors (Lipinski definition) is 0. The van der Waals surface area contributed by atoms with Crippen molar-refractivity contribution in [3.63, 3.8) is 0 Å². The summed E-state index contributed by atoms with van der Waals surface area (Å²) in [6.07, 6.45) is 4.04. The topological polar surface area (TPSA) is 42.3 Å². The maximum Gasteiger partial charge on any atom is 0.118 e. The highest BCUT2D eigenvalue weighted by Gasteiger charge is 2.21. The molecule has 0 aliphatic rings. The van der Waals surface area contributed by atoms with Crippen LogP contribution in [0.3, 0.4) is 0 Å². The molecule has 2 aromatic carbocycles. The predicted octanol–water partition coefficient (Wildman–Crippen LogP) is 5.11. The van der Waals surface area contributed by atoms with Gasteiger partial charge in [-0.15, -0.1) is 0 Å². The zero-order valence-corrected chi connectivity index (χ0v) is 12.7. The molecule has 0 saturated heterocycles. The Kier molecular flexibility index (Phi) is 4.89. The van der Waals surface area contributed by atoms with E-state index in [-0.39, 0.29) is 12.0 Å². The SMILES string of the molecule is O=NC(CC(c1ccccc1)c1ccccc1)c1ccncc1. The molecular formula is C20H18N2O. The first kappa shape index (κ1) is 15.1. The van der Waals surface area contributed by atoms with Crippen LogP contribution in [0.15, 0.2) is 90.4 Å². The van der Waals surface area contributed by atoms with Crippen LogP contribution in [-0.2, 0) is 0 Å². The van der Waals surface area contributed by atoms with Crippen molar-refractivity contribution in [3.05, 3.63) is 107 Å². The number of aromatic nitrogens is 1. The molecule has 0 fully saturated rings. The fourth-order valence-electron chi connectivity index (χ4n) is 2.88. The molecule has 1 aromatic heterocycles. The van der Waals surface area contributed by atoms with Gasteiger partial charge in [0.2, 0.25) is 0 Å². The van der Waals surface area contributed by atoms with Gasteiger partial charge in [0, 0.05) is 18.3 Å². The Morgan fingerprint density at radius 2 is 1.26 bits per heavy atom. The Hall–Kier alpha value is -2.81. The molecule has 0 aliphatic carbocycles. The fraction of sp³-hybridized carbons (Fsp3) is 0.150. The van der Waals surface area contributed by atoms with Gasteiger partial charge in [-0.3, -0.25) is 4.98 Å². The lowest BCUT2D eigenvalue weighted by atomic mass is 9.84. The van der Waals surface area contributed by atoms with Crippen molar-refractivity contribution in [2.24, 2.45) is 5.18 Å². The Morgan fingerprint density at radius 3 is 1.74 bits per heavy atom. The Balaban J connectivity index is 1.94. The van der Waals surface area contributed by atoms with Crippen LogP contribution in [0.1, 0.15) is 35.1 Å². The van der Waals surface area contributed by atoms with Gasteiger partial charge in [0.05, 0.1) is 0 Å². The zero-order chi connectivity index (χ0) is 15.9. The highest BCUT2D eigenvalue weighted by atomic mass is 16.3. The molecule has 0 amide bonds. The summed E-state index contributed by atoms with van der Waals surface area (Å²) in [5, 5.41) is 3.37. The monoisotopic (exact) mass is 302 g/mol. The summed E-state index contributed by atoms with van der Waals surface area (Å²) in [5.41, 5.74) is 3.30. The minimum atomic E-state index is -0.386. The number of hydrogen-bond acceptors (Lipinski definition) is 3. The number of rotatable bonds is 6. The van der Waals surface area contributed by atoms with E-state index >= 15 is 0 Å². The van der Waals surface area contributed by atoms with E-state index in [1.165, 1.54) is 11.1 Å². The largest absolute Gasteiger partial charge is 0.265 e. The van der Waals surface area contributed by atoms with Crippen LogP contribution >= 0.6 is 0 Å². The summed E-state index contributed by atoms with van der Waals surface area (Å²) in [7, 11) is 0. The first-order valence-corrected chi connectivity index (χ1v) is 7.71. The summed E-state index contributed by atoms with van der Waals surface area (Å²) in [4.78, 5) is 15.4. The normalized spacial score (nSPS) is 12.0. The summed E-state index contributed by atoms with van der Waals surface area (Å²) < 4.78 is 0. The van der Waals surface area contributed by atoms with E-state index in [1.54, 1.807) is 12.4 Å². The van der Waals surface area contributed by atoms with Crippen molar-refractivity contribution in [2.75, 3.05) is 0 Å². The summed E-state index contributed by atoms with van der Waals surface area (Å²) in [6.45, 7) is 0. The van der Waals surface area contributed by atoms with Gasteiger partial charge >= 0.3 is 0 Å². The molecule has 3 heteroatoms. The van der Waals surface area contributed by atoms with E-state index in [0.717, 1.165) is 5.56 Å². The highest BCUT2D eigenvalue weighted by Crippen LogP contribution is 2.35. The summed E-state index contributed by atoms with van der Waals surface area (Å²) >= 11 is 0. The molecule has 0 radical (unpaired) electrons. The van der Waals surface area contributed by atoms with Gasteiger partial charge in [0.15, 0.2) is 0 Å². The minimum Gasteiger partial charge on any atom is -0.265 e. The smallest absolute Gasteiger partial charge is 0.118 e. The second kappa shape index (κ2) is 7.45. The fourth-order valence-corrected chi connectivity index (χ4v) is 2.88. The van der Waals surface area contributed by atoms with Crippen molar-refractivity contribution in [1.82, 2.24) is 4.98 Å². The summed E-state index contributed by atoms with van der Waals surface area (Å²) in [6, 6.07) is 23.9. The maximum atomic E-state index is 11.4. The second-order valence-corrected chi connectivity index (χ2v) is 5.51. The van der Waals surface area contributed by atoms with Gasteiger partial charge in [-0.05, 0) is 35.2 Å². The van der Waals surface area contributed by atoms with Crippen LogP contribution in [0.5, 0.6) is 0 Å². The first-order chi connectivity index (χ1) is 11.4. The van der Waals surface area contributed by atoms with Crippen molar-refractivity contribution in [3.8, 4) is 0 Å². The van der Waals surface area contributed by atoms with Crippen LogP contribution in [-0.4, -0.2) is 4.98 Å². The molecule has 23 heavy (non-hydrogen) atoms. The van der Waals surface area contributed by atoms with E-state index in [9.17, 15) is 4.91 Å². The number of nitrogens with zero attached hydrogens (tertiary/aromatic N) is 2. The van der Waals surface area contributed by atoms with Gasteiger partial charge in [-0.1, -0.05) is 65.8 Å². The van der Waals surface area contributed by atoms with Crippen molar-refractivity contribution in [1.29, 1.82) is 0 Å². The van der Waals surface area contributed by atoms with E-state index in [1.807, 2.05) is 48.5 Å². The van der Waals surface area contributed by atoms with Crippen LogP contribution < -0.4 is 0 Å². The van der Waals surface area contributed by atoms with E-state index in [2.05, 4.69) is 34.4 Å². The quantitative estimate of drug-likeness (QED) is 0.594. The molecule has 0 aliphatic heterocycles. The zero-order valence-electron chi connectivity index (χ0n) is 12.7. The first-order valence-electron chi connectivity index (χ1n) is 7.71. The number of pyridine rings is 1. The molecule has 3 nitrogen and oxygen atoms in total. The second-order valence-electron chi connectivity index (χ2n) is 5.51. The lowest BCUT2D eigenvalue weighted by molar-refractivity contribution is 0.594. The molecule has 114 valence electrons. The average Bonchev–Trinajstić information content (AvgIpc) is 2.65. The van der Waals surface area contributed by atoms with E-state index < -0.39 is 0 Å². The van der Waals surface area contributed by atoms with Gasteiger partial charge in [-0.25, -0.2) is 0 Å². The molecule has 0 bridgehead atoms. The number of nitroso groups, excluding NO2 is 1. The third kappa shape index (κ3) is 3.69. The third-order valence-electron chi connectivity index (χ3n) is 4.08. The van der Waals surface area contributed by atoms with Crippen molar-refractivity contribution >= 4 is 0 Å². The predicted molar refractivity (Wildman–Crippen MR) is 92.1 cm³/mol. The van der Waals surface area contributed by atoms with Crippen molar-refractivity contribution in [2.45, 2.75) is 18.4 Å². The molecule has 3 aromatic rings. The maximum absolute atomic E-state index is 11.4. The molecule has 0 N–H and O–H groups in total. The molecular weight excluding hydrogens is 284 g/mol. The van der Waals surface area contributed by atoms with E-state index in [4.69, 9.17) is 0 Å². The lowest BCUT2D eigenvalue weighted by Crippen LogP contribution is -2.07. The molecule has 3 rings (SSSR count). The van der Waals surface area contributed by atoms with Crippen molar-refractivity contribution < 1.29 is 0 Å². The Morgan fingerprint density at radius 1 is 0.739 bits per heavy atom. The highest BCUT2D eigenvalue weighted by molar-refractivity contribution is 5.33. The van der Waals surface area contributed by atoms with Crippen LogP contribution in [0.25, 0.3) is 0 Å². The molecule has 0 spiro atoms. The number of benzene rings is 2. The van der Waals surface area contributed by atoms with Gasteiger partial charge in [0.25, 0.3) is 0 Å². The minimum absolute atomic E-state index is 0.133. The molecule has 0 saturated carbocycles. The summed E-state index contributed by atoms with van der Waals surface area (Å²) in [5.74, 6) is 0.133. The van der Waals surface area contributed by atoms with Crippen LogP contribution in [0.4, 0.5) is 0 Å². The Bertz CT molecular complexity index is 690. The molecule has 1 heterocycles. The van der Waals surface area contributed by atoms with E-state index in [0.29, 0.717) is 6.42 Å². The average molecular weight is 302 g/mol. The lowest BCUT2D eigenvalue weighted by Gasteiger charge is -2.21. The van der Waals surface area contributed by atoms with Gasteiger partial charge in [0.1, 0.15) is 6.04 Å². The standard InChI is InChI=1S/C20H18N2O/c23-22-20(18-11-13-21-14-12-18)15-19(16-7-3-1-4-8-16)17-9-5-2-6-10-17/h1-14,19-20H,15H2.